The number of ether oxygens (including phenoxy) is 3. The number of carbonyl (C=O) groups excluding carboxylic acids is 3. The first-order valence-corrected chi connectivity index (χ1v) is 12.9. The zero-order valence-electron chi connectivity index (χ0n) is 22.8. The van der Waals surface area contributed by atoms with Crippen molar-refractivity contribution in [3.05, 3.63) is 91.9 Å². The maximum Gasteiger partial charge on any atom is 0.340 e. The SMILES string of the molecule is CC(=O)Nc1nc2c(c(=O)[nH]1)n(Cc1cccc(F)c1)c(=O)n2[C@@H]1O[C@@H](OC(=O)c2ccccc2C)C[C@H]1OC(C)=O. The van der Waals surface area contributed by atoms with Crippen molar-refractivity contribution in [1.29, 1.82) is 0 Å². The molecule has 2 aromatic carbocycles. The van der Waals surface area contributed by atoms with Gasteiger partial charge in [-0.05, 0) is 36.2 Å². The van der Waals surface area contributed by atoms with E-state index in [1.165, 1.54) is 25.1 Å². The van der Waals surface area contributed by atoms with Crippen molar-refractivity contribution in [2.75, 3.05) is 5.32 Å². The molecule has 0 bridgehead atoms. The van der Waals surface area contributed by atoms with E-state index in [1.54, 1.807) is 37.3 Å². The molecule has 2 aromatic heterocycles. The number of fused-ring (bicyclic) bond motifs is 1. The van der Waals surface area contributed by atoms with Gasteiger partial charge < -0.3 is 14.2 Å². The number of imidazole rings is 1. The second-order valence-electron chi connectivity index (χ2n) is 9.70. The number of aromatic nitrogens is 4. The fourth-order valence-electron chi connectivity index (χ4n) is 4.81. The summed E-state index contributed by atoms with van der Waals surface area (Å²) >= 11 is 0. The number of H-pyrrole nitrogens is 1. The Morgan fingerprint density at radius 3 is 2.57 bits per heavy atom. The highest BCUT2D eigenvalue weighted by molar-refractivity contribution is 5.91. The number of anilines is 1. The molecule has 1 aliphatic rings. The third-order valence-electron chi connectivity index (χ3n) is 6.55. The molecule has 0 radical (unpaired) electrons. The number of hydrogen-bond acceptors (Lipinski definition) is 9. The lowest BCUT2D eigenvalue weighted by molar-refractivity contribution is -0.156. The molecule has 0 unspecified atom stereocenters. The van der Waals surface area contributed by atoms with Crippen molar-refractivity contribution in [3.63, 3.8) is 0 Å². The smallest absolute Gasteiger partial charge is 0.340 e. The van der Waals surface area contributed by atoms with Crippen LogP contribution in [0.2, 0.25) is 0 Å². The minimum atomic E-state index is -1.38. The summed E-state index contributed by atoms with van der Waals surface area (Å²) in [6.07, 6.45) is -3.89. The molecule has 0 saturated carbocycles. The molecular weight excluding hydrogens is 553 g/mol. The van der Waals surface area contributed by atoms with Crippen LogP contribution in [-0.2, 0) is 30.3 Å². The second kappa shape index (κ2) is 11.4. The summed E-state index contributed by atoms with van der Waals surface area (Å²) in [7, 11) is 0. The highest BCUT2D eigenvalue weighted by Gasteiger charge is 2.43. The van der Waals surface area contributed by atoms with Crippen molar-refractivity contribution < 1.29 is 33.0 Å². The summed E-state index contributed by atoms with van der Waals surface area (Å²) in [6.45, 7) is 3.88. The van der Waals surface area contributed by atoms with Gasteiger partial charge in [-0.15, -0.1) is 0 Å². The minimum Gasteiger partial charge on any atom is -0.457 e. The highest BCUT2D eigenvalue weighted by atomic mass is 19.1. The van der Waals surface area contributed by atoms with E-state index in [0.29, 0.717) is 16.7 Å². The van der Waals surface area contributed by atoms with Crippen LogP contribution in [0.15, 0.2) is 58.1 Å². The number of amides is 1. The van der Waals surface area contributed by atoms with Gasteiger partial charge in [0.25, 0.3) is 5.56 Å². The summed E-state index contributed by atoms with van der Waals surface area (Å²) in [5.41, 5.74) is -0.665. The largest absolute Gasteiger partial charge is 0.457 e. The van der Waals surface area contributed by atoms with Gasteiger partial charge in [-0.3, -0.25) is 29.3 Å². The topological polar surface area (TPSA) is 164 Å². The third kappa shape index (κ3) is 5.69. The number of nitrogens with zero attached hydrogens (tertiary/aromatic N) is 3. The van der Waals surface area contributed by atoms with Crippen LogP contribution in [0.5, 0.6) is 0 Å². The zero-order valence-corrected chi connectivity index (χ0v) is 22.8. The van der Waals surface area contributed by atoms with Crippen LogP contribution in [0.25, 0.3) is 11.2 Å². The Balaban J connectivity index is 1.61. The Labute approximate surface area is 236 Å². The van der Waals surface area contributed by atoms with Crippen molar-refractivity contribution >= 4 is 35.0 Å². The standard InChI is InChI=1S/C28H26FN5O8/c1-14-7-4-5-10-19(14)26(38)42-21-12-20(40-16(3)36)25(41-21)34-23-22(24(37)32-27(31-23)30-15(2)35)33(28(34)39)13-17-8-6-9-18(29)11-17/h4-11,20-21,25H,12-13H2,1-3H3,(H2,30,31,32,35,37)/t20-,21+,25-/m1/s1. The average molecular weight is 580 g/mol. The zero-order chi connectivity index (χ0) is 30.1. The van der Waals surface area contributed by atoms with E-state index in [9.17, 15) is 28.4 Å². The predicted octanol–water partition coefficient (Wildman–Crippen LogP) is 2.37. The van der Waals surface area contributed by atoms with Crippen LogP contribution in [0.4, 0.5) is 10.3 Å². The van der Waals surface area contributed by atoms with Gasteiger partial charge in [-0.1, -0.05) is 30.3 Å². The van der Waals surface area contributed by atoms with Gasteiger partial charge in [0.05, 0.1) is 18.5 Å². The number of benzene rings is 2. The number of esters is 2. The number of aryl methyl sites for hydroxylation is 1. The number of carbonyl (C=O) groups is 3. The Kier molecular flexibility index (Phi) is 7.72. The first kappa shape index (κ1) is 28.4. The molecule has 42 heavy (non-hydrogen) atoms. The normalized spacial score (nSPS) is 18.1. The molecule has 1 saturated heterocycles. The monoisotopic (exact) mass is 579 g/mol. The molecule has 3 atom stereocenters. The summed E-state index contributed by atoms with van der Waals surface area (Å²) < 4.78 is 32.9. The molecule has 1 fully saturated rings. The number of halogens is 1. The number of nitrogens with one attached hydrogen (secondary N) is 2. The van der Waals surface area contributed by atoms with Gasteiger partial charge >= 0.3 is 17.6 Å². The molecule has 13 nitrogen and oxygen atoms in total. The van der Waals surface area contributed by atoms with Gasteiger partial charge in [0.15, 0.2) is 23.5 Å². The van der Waals surface area contributed by atoms with E-state index in [-0.39, 0.29) is 30.1 Å². The van der Waals surface area contributed by atoms with Gasteiger partial charge in [-0.25, -0.2) is 18.5 Å². The molecular formula is C28H26FN5O8. The van der Waals surface area contributed by atoms with Gasteiger partial charge in [-0.2, -0.15) is 4.98 Å². The summed E-state index contributed by atoms with van der Waals surface area (Å²) in [6, 6.07) is 12.2. The third-order valence-corrected chi connectivity index (χ3v) is 6.55. The Hall–Kier alpha value is -5.11. The lowest BCUT2D eigenvalue weighted by atomic mass is 10.1. The van der Waals surface area contributed by atoms with Crippen LogP contribution in [0.3, 0.4) is 0 Å². The summed E-state index contributed by atoms with van der Waals surface area (Å²) in [4.78, 5) is 70.4. The van der Waals surface area contributed by atoms with Crippen LogP contribution in [0, 0.1) is 12.7 Å². The fraction of sp³-hybridized carbons (Fsp3) is 0.286. The average Bonchev–Trinajstić information content (AvgIpc) is 3.40. The molecule has 4 aromatic rings. The summed E-state index contributed by atoms with van der Waals surface area (Å²) in [5, 5.41) is 2.37. The van der Waals surface area contributed by atoms with Crippen molar-refractivity contribution in [2.24, 2.45) is 0 Å². The Morgan fingerprint density at radius 1 is 1.12 bits per heavy atom. The first-order valence-electron chi connectivity index (χ1n) is 12.9. The van der Waals surface area contributed by atoms with Crippen LogP contribution in [0.1, 0.15) is 48.0 Å². The van der Waals surface area contributed by atoms with E-state index in [1.807, 2.05) is 0 Å². The quantitative estimate of drug-likeness (QED) is 0.313. The van der Waals surface area contributed by atoms with Gasteiger partial charge in [0, 0.05) is 13.8 Å². The number of hydrogen-bond donors (Lipinski definition) is 2. The molecule has 218 valence electrons. The molecule has 5 rings (SSSR count). The van der Waals surface area contributed by atoms with E-state index < -0.39 is 53.5 Å². The fourth-order valence-corrected chi connectivity index (χ4v) is 4.81. The van der Waals surface area contributed by atoms with Crippen molar-refractivity contribution in [1.82, 2.24) is 19.1 Å². The van der Waals surface area contributed by atoms with Crippen molar-refractivity contribution in [3.8, 4) is 0 Å². The first-order chi connectivity index (χ1) is 20.0. The molecule has 14 heteroatoms. The van der Waals surface area contributed by atoms with E-state index >= 15 is 0 Å². The molecule has 1 aliphatic heterocycles. The maximum atomic E-state index is 13.9. The van der Waals surface area contributed by atoms with Crippen LogP contribution >= 0.6 is 0 Å². The van der Waals surface area contributed by atoms with Gasteiger partial charge in [0.1, 0.15) is 5.82 Å². The Bertz CT molecular complexity index is 1830. The van der Waals surface area contributed by atoms with E-state index in [4.69, 9.17) is 14.2 Å². The molecule has 2 N–H and O–H groups in total. The minimum absolute atomic E-state index is 0.132. The van der Waals surface area contributed by atoms with Gasteiger partial charge in [0.2, 0.25) is 18.1 Å². The second-order valence-corrected chi connectivity index (χ2v) is 9.70. The molecule has 0 aliphatic carbocycles. The molecule has 1 amide bonds. The Morgan fingerprint density at radius 2 is 1.88 bits per heavy atom. The lowest BCUT2D eigenvalue weighted by Crippen LogP contribution is -2.34. The van der Waals surface area contributed by atoms with E-state index in [2.05, 4.69) is 15.3 Å². The summed E-state index contributed by atoms with van der Waals surface area (Å²) in [5.74, 6) is -2.72. The number of rotatable bonds is 7. The molecule has 0 spiro atoms. The predicted molar refractivity (Wildman–Crippen MR) is 145 cm³/mol. The van der Waals surface area contributed by atoms with Crippen molar-refractivity contribution in [2.45, 2.75) is 52.4 Å². The maximum absolute atomic E-state index is 13.9. The lowest BCUT2D eigenvalue weighted by Gasteiger charge is -2.19. The van der Waals surface area contributed by atoms with E-state index in [0.717, 1.165) is 16.1 Å². The number of aromatic amines is 1. The highest BCUT2D eigenvalue weighted by Crippen LogP contribution is 2.33. The molecule has 3 heterocycles. The van der Waals surface area contributed by atoms with Crippen LogP contribution < -0.4 is 16.6 Å². The van der Waals surface area contributed by atoms with Crippen LogP contribution in [-0.4, -0.2) is 49.3 Å².